The molecule has 0 fully saturated rings. The van der Waals surface area contributed by atoms with Gasteiger partial charge in [0.2, 0.25) is 0 Å². The van der Waals surface area contributed by atoms with E-state index in [1.807, 2.05) is 0 Å². The quantitative estimate of drug-likeness (QED) is 0.763. The van der Waals surface area contributed by atoms with Gasteiger partial charge in [-0.1, -0.05) is 32.6 Å². The Morgan fingerprint density at radius 3 is 2.72 bits per heavy atom. The molecule has 1 aliphatic rings. The van der Waals surface area contributed by atoms with Gasteiger partial charge in [0.1, 0.15) is 0 Å². The lowest BCUT2D eigenvalue weighted by Crippen LogP contribution is -2.38. The van der Waals surface area contributed by atoms with Crippen LogP contribution in [0, 0.1) is 5.92 Å². The van der Waals surface area contributed by atoms with E-state index < -0.39 is 0 Å². The Balaban J connectivity index is 2.91. The fourth-order valence-electron chi connectivity index (χ4n) is 2.28. The summed E-state index contributed by atoms with van der Waals surface area (Å²) < 4.78 is 0. The van der Waals surface area contributed by atoms with Crippen LogP contribution in [0.5, 0.6) is 0 Å². The van der Waals surface area contributed by atoms with E-state index in [2.05, 4.69) is 57.3 Å². The van der Waals surface area contributed by atoms with E-state index in [0.717, 1.165) is 25.2 Å². The zero-order valence-corrected chi connectivity index (χ0v) is 12.4. The summed E-state index contributed by atoms with van der Waals surface area (Å²) in [5.74, 6) is 0.629. The minimum Gasteiger partial charge on any atom is -0.382 e. The molecule has 1 heterocycles. The van der Waals surface area contributed by atoms with Gasteiger partial charge in [0.25, 0.3) is 0 Å². The maximum atomic E-state index is 4.20. The van der Waals surface area contributed by atoms with Crippen LogP contribution in [0.15, 0.2) is 36.2 Å². The van der Waals surface area contributed by atoms with Crippen molar-refractivity contribution in [3.05, 3.63) is 36.2 Å². The Morgan fingerprint density at radius 1 is 1.56 bits per heavy atom. The van der Waals surface area contributed by atoms with Crippen LogP contribution in [0.25, 0.3) is 0 Å². The third-order valence-electron chi connectivity index (χ3n) is 3.52. The Morgan fingerprint density at radius 2 is 2.22 bits per heavy atom. The number of hydrogen-bond acceptors (Lipinski definition) is 2. The van der Waals surface area contributed by atoms with Gasteiger partial charge in [-0.3, -0.25) is 0 Å². The van der Waals surface area contributed by atoms with Crippen LogP contribution in [0.1, 0.15) is 40.5 Å². The average Bonchev–Trinajstić information content (AvgIpc) is 2.27. The molecule has 0 aromatic heterocycles. The number of rotatable bonds is 4. The highest BCUT2D eigenvalue weighted by molar-refractivity contribution is 5.31. The van der Waals surface area contributed by atoms with E-state index >= 15 is 0 Å². The summed E-state index contributed by atoms with van der Waals surface area (Å²) >= 11 is 0. The van der Waals surface area contributed by atoms with E-state index in [1.54, 1.807) is 0 Å². The Bertz CT molecular complexity index is 339. The molecule has 0 amide bonds. The minimum atomic E-state index is 0.514. The van der Waals surface area contributed by atoms with Crippen molar-refractivity contribution >= 4 is 0 Å². The normalized spacial score (nSPS) is 24.1. The molecular formula is C16H28N2. The molecule has 102 valence electrons. The topological polar surface area (TPSA) is 15.3 Å². The molecule has 1 N–H and O–H groups in total. The lowest BCUT2D eigenvalue weighted by Gasteiger charge is -2.32. The van der Waals surface area contributed by atoms with Gasteiger partial charge in [0.15, 0.2) is 0 Å². The van der Waals surface area contributed by atoms with Gasteiger partial charge >= 0.3 is 0 Å². The van der Waals surface area contributed by atoms with E-state index in [0.29, 0.717) is 12.0 Å². The molecular weight excluding hydrogens is 220 g/mol. The van der Waals surface area contributed by atoms with Crippen LogP contribution in [0.4, 0.5) is 0 Å². The van der Waals surface area contributed by atoms with Gasteiger partial charge in [-0.25, -0.2) is 0 Å². The summed E-state index contributed by atoms with van der Waals surface area (Å²) in [7, 11) is 0. The van der Waals surface area contributed by atoms with Crippen LogP contribution >= 0.6 is 0 Å². The molecule has 18 heavy (non-hydrogen) atoms. The lowest BCUT2D eigenvalue weighted by atomic mass is 9.97. The molecule has 0 radical (unpaired) electrons. The van der Waals surface area contributed by atoms with E-state index in [1.165, 1.54) is 17.6 Å². The van der Waals surface area contributed by atoms with Crippen molar-refractivity contribution in [2.75, 3.05) is 13.1 Å². The molecule has 1 rings (SSSR count). The van der Waals surface area contributed by atoms with E-state index in [4.69, 9.17) is 0 Å². The number of nitrogens with zero attached hydrogens (tertiary/aromatic N) is 1. The first-order valence-corrected chi connectivity index (χ1v) is 6.99. The summed E-state index contributed by atoms with van der Waals surface area (Å²) in [5, 5.41) is 3.59. The third-order valence-corrected chi connectivity index (χ3v) is 3.52. The third kappa shape index (κ3) is 4.25. The standard InChI is InChI=1S/C16H28N2/c1-7-18-9-8-16(13(4)5)17-14(6)15(11-18)10-12(2)3/h11,13,16-17H,2,6-10H2,1,3-5H3/b15-11-. The average molecular weight is 248 g/mol. The highest BCUT2D eigenvalue weighted by Crippen LogP contribution is 2.21. The molecule has 2 nitrogen and oxygen atoms in total. The van der Waals surface area contributed by atoms with Crippen LogP contribution in [-0.4, -0.2) is 24.0 Å². The van der Waals surface area contributed by atoms with Crippen LogP contribution in [0.2, 0.25) is 0 Å². The highest BCUT2D eigenvalue weighted by Gasteiger charge is 2.19. The molecule has 1 aliphatic heterocycles. The second kappa shape index (κ2) is 6.67. The van der Waals surface area contributed by atoms with Gasteiger partial charge in [-0.15, -0.1) is 0 Å². The largest absolute Gasteiger partial charge is 0.382 e. The number of allylic oxidation sites excluding steroid dienone is 2. The molecule has 0 bridgehead atoms. The van der Waals surface area contributed by atoms with Crippen molar-refractivity contribution in [2.45, 2.75) is 46.6 Å². The van der Waals surface area contributed by atoms with Gasteiger partial charge in [-0.2, -0.15) is 0 Å². The van der Waals surface area contributed by atoms with Gasteiger partial charge in [0.05, 0.1) is 0 Å². The number of nitrogens with one attached hydrogen (secondary N) is 1. The molecule has 0 aromatic carbocycles. The summed E-state index contributed by atoms with van der Waals surface area (Å²) in [6, 6.07) is 0.514. The number of hydrogen-bond donors (Lipinski definition) is 1. The molecule has 2 heteroatoms. The molecule has 0 saturated heterocycles. The van der Waals surface area contributed by atoms with Crippen LogP contribution in [0.3, 0.4) is 0 Å². The lowest BCUT2D eigenvalue weighted by molar-refractivity contribution is 0.314. The smallest absolute Gasteiger partial charge is 0.0319 e. The molecule has 1 unspecified atom stereocenters. The maximum Gasteiger partial charge on any atom is 0.0319 e. The van der Waals surface area contributed by atoms with E-state index in [9.17, 15) is 0 Å². The van der Waals surface area contributed by atoms with E-state index in [-0.39, 0.29) is 0 Å². The first-order chi connectivity index (χ1) is 8.43. The second-order valence-electron chi connectivity index (χ2n) is 5.68. The fourth-order valence-corrected chi connectivity index (χ4v) is 2.28. The zero-order chi connectivity index (χ0) is 13.7. The highest BCUT2D eigenvalue weighted by atomic mass is 15.1. The fraction of sp³-hybridized carbons (Fsp3) is 0.625. The van der Waals surface area contributed by atoms with Crippen molar-refractivity contribution in [2.24, 2.45) is 5.92 Å². The van der Waals surface area contributed by atoms with Crippen molar-refractivity contribution in [3.63, 3.8) is 0 Å². The first-order valence-electron chi connectivity index (χ1n) is 6.99. The summed E-state index contributed by atoms with van der Waals surface area (Å²) in [4.78, 5) is 2.39. The molecule has 0 saturated carbocycles. The SMILES string of the molecule is C=C(C)C/C1=C/N(CC)CCC(C(C)C)NC1=C. The molecule has 0 spiro atoms. The summed E-state index contributed by atoms with van der Waals surface area (Å²) in [6.07, 6.45) is 4.33. The van der Waals surface area contributed by atoms with Crippen molar-refractivity contribution < 1.29 is 0 Å². The van der Waals surface area contributed by atoms with Crippen molar-refractivity contribution in [1.82, 2.24) is 10.2 Å². The second-order valence-corrected chi connectivity index (χ2v) is 5.68. The van der Waals surface area contributed by atoms with Gasteiger partial charge in [0, 0.05) is 31.0 Å². The molecule has 0 aromatic rings. The zero-order valence-electron chi connectivity index (χ0n) is 12.4. The van der Waals surface area contributed by atoms with Crippen molar-refractivity contribution in [1.29, 1.82) is 0 Å². The first kappa shape index (κ1) is 14.9. The summed E-state index contributed by atoms with van der Waals surface area (Å²) in [6.45, 7) is 19.2. The molecule has 1 atom stereocenters. The Hall–Kier alpha value is -1.18. The van der Waals surface area contributed by atoms with Gasteiger partial charge in [-0.05, 0) is 38.2 Å². The molecule has 0 aliphatic carbocycles. The Labute approximate surface area is 112 Å². The summed E-state index contributed by atoms with van der Waals surface area (Å²) in [5.41, 5.74) is 3.52. The van der Waals surface area contributed by atoms with Crippen LogP contribution < -0.4 is 5.32 Å². The Kier molecular flexibility index (Phi) is 5.52. The van der Waals surface area contributed by atoms with Crippen molar-refractivity contribution in [3.8, 4) is 0 Å². The van der Waals surface area contributed by atoms with Gasteiger partial charge < -0.3 is 10.2 Å². The predicted octanol–water partition coefficient (Wildman–Crippen LogP) is 3.69. The predicted molar refractivity (Wildman–Crippen MR) is 80.3 cm³/mol. The maximum absolute atomic E-state index is 4.20. The van der Waals surface area contributed by atoms with Crippen LogP contribution in [-0.2, 0) is 0 Å². The monoisotopic (exact) mass is 248 g/mol. The minimum absolute atomic E-state index is 0.514.